The molecule has 1 atom stereocenters. The van der Waals surface area contributed by atoms with E-state index in [0.717, 1.165) is 17.9 Å². The van der Waals surface area contributed by atoms with Crippen LogP contribution in [0.1, 0.15) is 24.2 Å². The van der Waals surface area contributed by atoms with Crippen molar-refractivity contribution in [3.63, 3.8) is 0 Å². The molecule has 10 heteroatoms. The van der Waals surface area contributed by atoms with Crippen molar-refractivity contribution in [1.82, 2.24) is 25.1 Å². The second-order valence-corrected chi connectivity index (χ2v) is 7.44. The average molecular weight is 491 g/mol. The first-order valence-corrected chi connectivity index (χ1v) is 9.50. The molecule has 1 N–H and O–H groups in total. The third kappa shape index (κ3) is 7.61. The van der Waals surface area contributed by atoms with Crippen LogP contribution in [0.5, 0.6) is 0 Å². The molecule has 31 heavy (non-hydrogen) atoms. The van der Waals surface area contributed by atoms with Crippen molar-refractivity contribution in [2.45, 2.75) is 25.9 Å². The van der Waals surface area contributed by atoms with Crippen molar-refractivity contribution in [2.75, 3.05) is 27.2 Å². The second-order valence-electron chi connectivity index (χ2n) is 7.44. The molecule has 0 aliphatic carbocycles. The highest BCUT2D eigenvalue weighted by atomic mass is 35.5. The molecule has 7 nitrogen and oxygen atoms in total. The molecule has 0 spiro atoms. The summed E-state index contributed by atoms with van der Waals surface area (Å²) in [6, 6.07) is 11.3. The van der Waals surface area contributed by atoms with Crippen molar-refractivity contribution in [3.05, 3.63) is 60.2 Å². The minimum absolute atomic E-state index is 0. The number of hydrogen-bond donors (Lipinski definition) is 1. The van der Waals surface area contributed by atoms with Crippen LogP contribution in [-0.2, 0) is 22.7 Å². The van der Waals surface area contributed by atoms with Gasteiger partial charge in [0.15, 0.2) is 0 Å². The average Bonchev–Trinajstić information content (AvgIpc) is 3.18. The zero-order valence-electron chi connectivity index (χ0n) is 17.7. The number of rotatable bonds is 7. The number of hydrogen-bond acceptors (Lipinski definition) is 5. The number of amides is 2. The van der Waals surface area contributed by atoms with Gasteiger partial charge >= 0.3 is 0 Å². The normalized spacial score (nSPS) is 16.8. The van der Waals surface area contributed by atoms with Gasteiger partial charge in [0.2, 0.25) is 11.8 Å². The predicted octanol–water partition coefficient (Wildman–Crippen LogP) is 2.73. The van der Waals surface area contributed by atoms with Gasteiger partial charge in [-0.05, 0) is 37.2 Å². The van der Waals surface area contributed by atoms with Gasteiger partial charge in [0.25, 0.3) is 0 Å². The van der Waals surface area contributed by atoms with Gasteiger partial charge in [-0.1, -0.05) is 12.1 Å². The highest BCUT2D eigenvalue weighted by molar-refractivity contribution is 5.89. The maximum atomic E-state index is 13.3. The molecule has 0 radical (unpaired) electrons. The van der Waals surface area contributed by atoms with Crippen LogP contribution < -0.4 is 5.32 Å². The van der Waals surface area contributed by atoms with Gasteiger partial charge in [-0.15, -0.1) is 37.2 Å². The Morgan fingerprint density at radius 1 is 0.935 bits per heavy atom. The Hall–Kier alpha value is -1.93. The molecule has 172 valence electrons. The molecule has 2 aromatic heterocycles. The van der Waals surface area contributed by atoms with Crippen LogP contribution in [0.15, 0.2) is 48.8 Å². The highest BCUT2D eigenvalue weighted by Gasteiger charge is 2.45. The summed E-state index contributed by atoms with van der Waals surface area (Å²) >= 11 is 0. The summed E-state index contributed by atoms with van der Waals surface area (Å²) < 4.78 is 0. The van der Waals surface area contributed by atoms with E-state index in [4.69, 9.17) is 0 Å². The molecule has 1 aliphatic rings. The fourth-order valence-electron chi connectivity index (χ4n) is 3.61. The van der Waals surface area contributed by atoms with Crippen LogP contribution in [0.4, 0.5) is 0 Å². The van der Waals surface area contributed by atoms with E-state index >= 15 is 0 Å². The maximum Gasteiger partial charge on any atom is 0.230 e. The number of nitrogens with zero attached hydrogens (tertiary/aromatic N) is 4. The van der Waals surface area contributed by atoms with Crippen molar-refractivity contribution in [3.8, 4) is 0 Å². The van der Waals surface area contributed by atoms with E-state index in [1.165, 1.54) is 0 Å². The van der Waals surface area contributed by atoms with Gasteiger partial charge in [-0.2, -0.15) is 0 Å². The van der Waals surface area contributed by atoms with E-state index in [2.05, 4.69) is 15.3 Å². The topological polar surface area (TPSA) is 78.4 Å². The number of aromatic nitrogens is 2. The summed E-state index contributed by atoms with van der Waals surface area (Å²) in [6.07, 6.45) is 4.28. The Bertz CT molecular complexity index is 805. The summed E-state index contributed by atoms with van der Waals surface area (Å²) in [4.78, 5) is 38.0. The Balaban J connectivity index is 0.00000300. The SMILES string of the molecule is CN(Cc1ccccn1)C(=O)CC1(C(=O)N(C)Cc2ccccn2)CCNC1.Cl.Cl.Cl. The van der Waals surface area contributed by atoms with Crippen molar-refractivity contribution >= 4 is 49.0 Å². The summed E-state index contributed by atoms with van der Waals surface area (Å²) in [7, 11) is 3.54. The zero-order valence-corrected chi connectivity index (χ0v) is 20.1. The van der Waals surface area contributed by atoms with Gasteiger partial charge in [-0.3, -0.25) is 19.6 Å². The van der Waals surface area contributed by atoms with Gasteiger partial charge in [0.05, 0.1) is 29.9 Å². The minimum atomic E-state index is -0.709. The monoisotopic (exact) mass is 489 g/mol. The molecule has 1 aliphatic heterocycles. The van der Waals surface area contributed by atoms with Crippen LogP contribution in [0.2, 0.25) is 0 Å². The lowest BCUT2D eigenvalue weighted by Gasteiger charge is -2.32. The third-order valence-electron chi connectivity index (χ3n) is 5.21. The first-order valence-electron chi connectivity index (χ1n) is 9.50. The number of carbonyl (C=O) groups is 2. The fourth-order valence-corrected chi connectivity index (χ4v) is 3.61. The van der Waals surface area contributed by atoms with Gasteiger partial charge in [0.1, 0.15) is 0 Å². The molecule has 0 aromatic carbocycles. The lowest BCUT2D eigenvalue weighted by atomic mass is 9.81. The molecule has 0 saturated carbocycles. The Morgan fingerprint density at radius 3 is 1.94 bits per heavy atom. The largest absolute Gasteiger partial charge is 0.340 e. The standard InChI is InChI=1S/C21H27N5O2.3ClH/c1-25(14-17-7-3-5-10-23-17)19(27)13-21(9-12-22-16-21)20(28)26(2)15-18-8-4-6-11-24-18;;;/h3-8,10-11,22H,9,12-16H2,1-2H3;3*1H. The van der Waals surface area contributed by atoms with Crippen LogP contribution in [0.3, 0.4) is 0 Å². The summed E-state index contributed by atoms with van der Waals surface area (Å²) in [6.45, 7) is 2.11. The van der Waals surface area contributed by atoms with Crippen LogP contribution in [-0.4, -0.2) is 58.8 Å². The van der Waals surface area contributed by atoms with E-state index in [9.17, 15) is 9.59 Å². The number of carbonyl (C=O) groups excluding carboxylic acids is 2. The van der Waals surface area contributed by atoms with E-state index < -0.39 is 5.41 Å². The molecule has 2 amide bonds. The van der Waals surface area contributed by atoms with Crippen LogP contribution in [0.25, 0.3) is 0 Å². The fraction of sp³-hybridized carbons (Fsp3) is 0.429. The predicted molar refractivity (Wildman–Crippen MR) is 128 cm³/mol. The summed E-state index contributed by atoms with van der Waals surface area (Å²) in [5.41, 5.74) is 0.951. The summed E-state index contributed by atoms with van der Waals surface area (Å²) in [5, 5.41) is 3.26. The van der Waals surface area contributed by atoms with Crippen molar-refractivity contribution < 1.29 is 9.59 Å². The Kier molecular flexibility index (Phi) is 12.6. The van der Waals surface area contributed by atoms with E-state index in [1.807, 2.05) is 36.4 Å². The van der Waals surface area contributed by atoms with Crippen molar-refractivity contribution in [2.24, 2.45) is 5.41 Å². The lowest BCUT2D eigenvalue weighted by Crippen LogP contribution is -2.46. The highest BCUT2D eigenvalue weighted by Crippen LogP contribution is 2.33. The number of halogens is 3. The first-order chi connectivity index (χ1) is 13.5. The molecular formula is C21H30Cl3N5O2. The van der Waals surface area contributed by atoms with Crippen molar-refractivity contribution in [1.29, 1.82) is 0 Å². The molecule has 2 aromatic rings. The van der Waals surface area contributed by atoms with Crippen LogP contribution >= 0.6 is 37.2 Å². The quantitative estimate of drug-likeness (QED) is 0.646. The smallest absolute Gasteiger partial charge is 0.230 e. The third-order valence-corrected chi connectivity index (χ3v) is 5.21. The van der Waals surface area contributed by atoms with Crippen LogP contribution in [0, 0.1) is 5.41 Å². The van der Waals surface area contributed by atoms with Gasteiger partial charge < -0.3 is 15.1 Å². The molecule has 0 bridgehead atoms. The van der Waals surface area contributed by atoms with E-state index in [-0.39, 0.29) is 55.5 Å². The van der Waals surface area contributed by atoms with Gasteiger partial charge in [-0.25, -0.2) is 0 Å². The molecule has 1 fully saturated rings. The molecule has 3 heterocycles. The summed E-state index contributed by atoms with van der Waals surface area (Å²) in [5.74, 6) is -0.0586. The molecule has 1 saturated heterocycles. The first kappa shape index (κ1) is 29.1. The zero-order chi connectivity index (χ0) is 20.0. The Morgan fingerprint density at radius 2 is 1.48 bits per heavy atom. The lowest BCUT2D eigenvalue weighted by molar-refractivity contribution is -0.146. The van der Waals surface area contributed by atoms with Gasteiger partial charge in [0, 0.05) is 39.5 Å². The van der Waals surface area contributed by atoms with E-state index in [1.54, 1.807) is 36.3 Å². The number of nitrogens with one attached hydrogen (secondary N) is 1. The molecule has 3 rings (SSSR count). The molecule has 1 unspecified atom stereocenters. The minimum Gasteiger partial charge on any atom is -0.340 e. The van der Waals surface area contributed by atoms with E-state index in [0.29, 0.717) is 26.1 Å². The second kappa shape index (κ2) is 13.5. The molecular weight excluding hydrogens is 461 g/mol. The maximum absolute atomic E-state index is 13.3. The Labute approximate surface area is 202 Å². The number of pyridine rings is 2.